The third kappa shape index (κ3) is 7.00. The lowest BCUT2D eigenvalue weighted by Gasteiger charge is -2.14. The zero-order chi connectivity index (χ0) is 21.9. The minimum Gasteiger partial charge on any atom is -0.497 e. The molecule has 0 aliphatic carbocycles. The summed E-state index contributed by atoms with van der Waals surface area (Å²) < 4.78 is 7.27. The normalized spacial score (nSPS) is 11.4. The Hall–Kier alpha value is -3.06. The second kappa shape index (κ2) is 12.0. The molecule has 0 aliphatic rings. The van der Waals surface area contributed by atoms with Crippen molar-refractivity contribution in [2.75, 3.05) is 20.2 Å². The van der Waals surface area contributed by atoms with Gasteiger partial charge in [0.05, 0.1) is 13.7 Å². The van der Waals surface area contributed by atoms with E-state index in [1.54, 1.807) is 13.4 Å². The van der Waals surface area contributed by atoms with Gasteiger partial charge in [-0.1, -0.05) is 48.9 Å². The minimum atomic E-state index is 0.504. The van der Waals surface area contributed by atoms with Crippen molar-refractivity contribution in [3.63, 3.8) is 0 Å². The number of hydrogen-bond acceptors (Lipinski definition) is 4. The summed E-state index contributed by atoms with van der Waals surface area (Å²) in [7, 11) is 1.67. The number of rotatable bonds is 10. The van der Waals surface area contributed by atoms with Crippen LogP contribution in [0.15, 0.2) is 59.9 Å². The van der Waals surface area contributed by atoms with Crippen LogP contribution in [0.1, 0.15) is 23.9 Å². The summed E-state index contributed by atoms with van der Waals surface area (Å²) in [5.41, 5.74) is 2.23. The quantitative estimate of drug-likeness (QED) is 0.373. The van der Waals surface area contributed by atoms with Gasteiger partial charge in [-0.2, -0.15) is 0 Å². The van der Waals surface area contributed by atoms with E-state index in [1.165, 1.54) is 5.56 Å². The second-order valence-electron chi connectivity index (χ2n) is 7.00. The smallest absolute Gasteiger partial charge is 0.191 e. The van der Waals surface area contributed by atoms with Crippen LogP contribution in [0.5, 0.6) is 5.75 Å². The molecule has 3 aromatic rings. The van der Waals surface area contributed by atoms with Gasteiger partial charge in [-0.15, -0.1) is 10.2 Å². The molecule has 0 aliphatic heterocycles. The summed E-state index contributed by atoms with van der Waals surface area (Å²) in [5.74, 6) is 2.59. The van der Waals surface area contributed by atoms with E-state index in [0.29, 0.717) is 13.1 Å². The number of ether oxygens (including phenoxy) is 1. The number of nitrogens with one attached hydrogen (secondary N) is 2. The molecule has 0 spiro atoms. The lowest BCUT2D eigenvalue weighted by Crippen LogP contribution is -2.40. The van der Waals surface area contributed by atoms with E-state index in [2.05, 4.69) is 44.5 Å². The first-order valence-corrected chi connectivity index (χ1v) is 10.8. The van der Waals surface area contributed by atoms with Gasteiger partial charge in [0.2, 0.25) is 0 Å². The van der Waals surface area contributed by atoms with Crippen molar-refractivity contribution < 1.29 is 4.74 Å². The number of benzene rings is 2. The van der Waals surface area contributed by atoms with Gasteiger partial charge in [-0.05, 0) is 35.7 Å². The number of halogens is 1. The van der Waals surface area contributed by atoms with E-state index >= 15 is 0 Å². The Morgan fingerprint density at radius 2 is 1.87 bits per heavy atom. The molecule has 1 aromatic heterocycles. The molecule has 31 heavy (non-hydrogen) atoms. The molecule has 164 valence electrons. The summed E-state index contributed by atoms with van der Waals surface area (Å²) in [6.07, 6.45) is 3.49. The molecule has 0 atom stereocenters. The first-order chi connectivity index (χ1) is 15.2. The van der Waals surface area contributed by atoms with Crippen LogP contribution in [0.2, 0.25) is 5.02 Å². The molecule has 0 unspecified atom stereocenters. The van der Waals surface area contributed by atoms with Gasteiger partial charge in [0.25, 0.3) is 0 Å². The van der Waals surface area contributed by atoms with Crippen molar-refractivity contribution in [3.8, 4) is 5.75 Å². The lowest BCUT2D eigenvalue weighted by molar-refractivity contribution is 0.414. The first-order valence-electron chi connectivity index (χ1n) is 10.4. The van der Waals surface area contributed by atoms with Crippen molar-refractivity contribution in [1.82, 2.24) is 25.4 Å². The third-order valence-corrected chi connectivity index (χ3v) is 5.26. The summed E-state index contributed by atoms with van der Waals surface area (Å²) in [5, 5.41) is 15.7. The number of aliphatic imine (C=N–C) groups is 1. The highest BCUT2D eigenvalue weighted by molar-refractivity contribution is 6.31. The van der Waals surface area contributed by atoms with Crippen LogP contribution in [-0.2, 0) is 25.9 Å². The highest BCUT2D eigenvalue weighted by Crippen LogP contribution is 2.15. The van der Waals surface area contributed by atoms with Crippen molar-refractivity contribution in [2.45, 2.75) is 32.9 Å². The number of guanidine groups is 1. The average molecular weight is 441 g/mol. The molecule has 3 rings (SSSR count). The van der Waals surface area contributed by atoms with Crippen LogP contribution in [0, 0.1) is 0 Å². The molecule has 2 N–H and O–H groups in total. The molecular formula is C23H29ClN6O. The number of hydrogen-bond donors (Lipinski definition) is 2. The Morgan fingerprint density at radius 3 is 2.61 bits per heavy atom. The third-order valence-electron chi connectivity index (χ3n) is 4.89. The van der Waals surface area contributed by atoms with E-state index in [-0.39, 0.29) is 0 Å². The monoisotopic (exact) mass is 440 g/mol. The Labute approximate surface area is 188 Å². The molecule has 8 heteroatoms. The Morgan fingerprint density at radius 1 is 1.10 bits per heavy atom. The summed E-state index contributed by atoms with van der Waals surface area (Å²) >= 11 is 6.28. The molecule has 0 saturated carbocycles. The minimum absolute atomic E-state index is 0.504. The maximum absolute atomic E-state index is 6.28. The van der Waals surface area contributed by atoms with E-state index in [4.69, 9.17) is 21.3 Å². The van der Waals surface area contributed by atoms with Crippen molar-refractivity contribution in [1.29, 1.82) is 0 Å². The summed E-state index contributed by atoms with van der Waals surface area (Å²) in [6, 6.07) is 15.9. The molecule has 0 radical (unpaired) electrons. The van der Waals surface area contributed by atoms with Gasteiger partial charge in [0.1, 0.15) is 17.9 Å². The highest BCUT2D eigenvalue weighted by Gasteiger charge is 2.04. The molecule has 0 bridgehead atoms. The predicted molar refractivity (Wildman–Crippen MR) is 125 cm³/mol. The Balaban J connectivity index is 1.58. The number of methoxy groups -OCH3 is 1. The topological polar surface area (TPSA) is 76.4 Å². The van der Waals surface area contributed by atoms with Gasteiger partial charge in [0.15, 0.2) is 5.96 Å². The largest absolute Gasteiger partial charge is 0.497 e. The molecular weight excluding hydrogens is 412 g/mol. The number of nitrogens with zero attached hydrogens (tertiary/aromatic N) is 4. The standard InChI is InChI=1S/C23H29ClN6O/c1-3-22-29-28-17-30(22)15-14-26-23(27-16-19-6-4-5-7-21(19)24)25-13-12-18-8-10-20(31-2)11-9-18/h4-11,17H,3,12-16H2,1-2H3,(H2,25,26,27). The maximum atomic E-state index is 6.28. The van der Waals surface area contributed by atoms with Gasteiger partial charge >= 0.3 is 0 Å². The SMILES string of the molecule is CCc1nncn1CCNC(=NCc1ccccc1Cl)NCCc1ccc(OC)cc1. The van der Waals surface area contributed by atoms with E-state index in [9.17, 15) is 0 Å². The van der Waals surface area contributed by atoms with Gasteiger partial charge in [-0.25, -0.2) is 4.99 Å². The first kappa shape index (κ1) is 22.6. The van der Waals surface area contributed by atoms with E-state index in [0.717, 1.165) is 54.1 Å². The fourth-order valence-electron chi connectivity index (χ4n) is 3.12. The van der Waals surface area contributed by atoms with Gasteiger partial charge in [-0.3, -0.25) is 0 Å². The molecule has 7 nitrogen and oxygen atoms in total. The average Bonchev–Trinajstić information content (AvgIpc) is 3.26. The number of aromatic nitrogens is 3. The van der Waals surface area contributed by atoms with Crippen LogP contribution in [-0.4, -0.2) is 40.9 Å². The van der Waals surface area contributed by atoms with Crippen LogP contribution in [0.4, 0.5) is 0 Å². The predicted octanol–water partition coefficient (Wildman–Crippen LogP) is 3.48. The second-order valence-corrected chi connectivity index (χ2v) is 7.41. The zero-order valence-electron chi connectivity index (χ0n) is 18.0. The van der Waals surface area contributed by atoms with E-state index < -0.39 is 0 Å². The van der Waals surface area contributed by atoms with Crippen LogP contribution >= 0.6 is 11.6 Å². The summed E-state index contributed by atoms with van der Waals surface area (Å²) in [6.45, 7) is 4.81. The van der Waals surface area contributed by atoms with Gasteiger partial charge < -0.3 is 19.9 Å². The maximum Gasteiger partial charge on any atom is 0.191 e. The number of aryl methyl sites for hydroxylation is 1. The Kier molecular flexibility index (Phi) is 8.72. The zero-order valence-corrected chi connectivity index (χ0v) is 18.8. The molecule has 0 saturated heterocycles. The van der Waals surface area contributed by atoms with Crippen molar-refractivity contribution >= 4 is 17.6 Å². The lowest BCUT2D eigenvalue weighted by atomic mass is 10.1. The van der Waals surface area contributed by atoms with Gasteiger partial charge in [0, 0.05) is 31.1 Å². The fourth-order valence-corrected chi connectivity index (χ4v) is 3.31. The molecule has 1 heterocycles. The van der Waals surface area contributed by atoms with E-state index in [1.807, 2.05) is 36.4 Å². The fraction of sp³-hybridized carbons (Fsp3) is 0.348. The molecule has 0 amide bonds. The van der Waals surface area contributed by atoms with Crippen molar-refractivity contribution in [3.05, 3.63) is 76.8 Å². The summed E-state index contributed by atoms with van der Waals surface area (Å²) in [4.78, 5) is 4.72. The van der Waals surface area contributed by atoms with Crippen molar-refractivity contribution in [2.24, 2.45) is 4.99 Å². The molecule has 0 fully saturated rings. The van der Waals surface area contributed by atoms with Crippen LogP contribution in [0.25, 0.3) is 0 Å². The van der Waals surface area contributed by atoms with Crippen LogP contribution in [0.3, 0.4) is 0 Å². The highest BCUT2D eigenvalue weighted by atomic mass is 35.5. The Bertz CT molecular complexity index is 970. The van der Waals surface area contributed by atoms with Crippen LogP contribution < -0.4 is 15.4 Å². The molecule has 2 aromatic carbocycles.